The number of nitrogens with zero attached hydrogens (tertiary/aromatic N) is 3. The molecule has 4 heteroatoms. The van der Waals surface area contributed by atoms with E-state index in [1.807, 2.05) is 6.07 Å². The van der Waals surface area contributed by atoms with Crippen molar-refractivity contribution in [3.63, 3.8) is 0 Å². The predicted molar refractivity (Wildman–Crippen MR) is 70.0 cm³/mol. The van der Waals surface area contributed by atoms with Gasteiger partial charge in [0.25, 0.3) is 5.91 Å². The molecule has 1 amide bonds. The second kappa shape index (κ2) is 5.63. The van der Waals surface area contributed by atoms with E-state index in [0.29, 0.717) is 17.8 Å². The molecule has 1 rings (SSSR count). The third kappa shape index (κ3) is 4.17. The zero-order valence-electron chi connectivity index (χ0n) is 11.4. The summed E-state index contributed by atoms with van der Waals surface area (Å²) in [6.45, 7) is 7.10. The van der Waals surface area contributed by atoms with Crippen LogP contribution in [-0.4, -0.2) is 29.4 Å². The molecule has 0 spiro atoms. The number of hydrogen-bond acceptors (Lipinski definition) is 3. The lowest BCUT2D eigenvalue weighted by Gasteiger charge is -2.23. The van der Waals surface area contributed by atoms with Gasteiger partial charge in [0, 0.05) is 19.8 Å². The Bertz CT molecular complexity index is 469. The number of nitriles is 1. The van der Waals surface area contributed by atoms with Crippen LogP contribution in [0.2, 0.25) is 0 Å². The first kappa shape index (κ1) is 14.2. The average molecular weight is 245 g/mol. The monoisotopic (exact) mass is 245 g/mol. The summed E-state index contributed by atoms with van der Waals surface area (Å²) in [6, 6.07) is 5.12. The molecule has 1 aromatic rings. The van der Waals surface area contributed by atoms with E-state index in [0.717, 1.165) is 6.42 Å². The number of rotatable bonds is 3. The van der Waals surface area contributed by atoms with Crippen LogP contribution in [0.15, 0.2) is 18.3 Å². The van der Waals surface area contributed by atoms with Gasteiger partial charge in [-0.05, 0) is 24.0 Å². The lowest BCUT2D eigenvalue weighted by atomic mass is 9.92. The van der Waals surface area contributed by atoms with Crippen LogP contribution < -0.4 is 0 Å². The lowest BCUT2D eigenvalue weighted by Crippen LogP contribution is -2.30. The SMILES string of the molecule is CN(CCC(C)(C)C)C(=O)c1cc(C#N)ccn1. The Morgan fingerprint density at radius 3 is 2.72 bits per heavy atom. The van der Waals surface area contributed by atoms with Crippen molar-refractivity contribution >= 4 is 5.91 Å². The summed E-state index contributed by atoms with van der Waals surface area (Å²) in [5.74, 6) is -0.142. The van der Waals surface area contributed by atoms with Crippen molar-refractivity contribution in [2.75, 3.05) is 13.6 Å². The maximum absolute atomic E-state index is 12.1. The molecular weight excluding hydrogens is 226 g/mol. The summed E-state index contributed by atoms with van der Waals surface area (Å²) < 4.78 is 0. The zero-order valence-corrected chi connectivity index (χ0v) is 11.4. The Morgan fingerprint density at radius 2 is 2.17 bits per heavy atom. The summed E-state index contributed by atoms with van der Waals surface area (Å²) in [5.41, 5.74) is 0.972. The van der Waals surface area contributed by atoms with Gasteiger partial charge in [0.05, 0.1) is 11.6 Å². The normalized spacial score (nSPS) is 10.8. The van der Waals surface area contributed by atoms with Crippen LogP contribution in [0.3, 0.4) is 0 Å². The summed E-state index contributed by atoms with van der Waals surface area (Å²) in [4.78, 5) is 17.7. The molecule has 0 aliphatic heterocycles. The quantitative estimate of drug-likeness (QED) is 0.822. The van der Waals surface area contributed by atoms with Gasteiger partial charge in [0.2, 0.25) is 0 Å². The van der Waals surface area contributed by atoms with Crippen molar-refractivity contribution in [2.24, 2.45) is 5.41 Å². The van der Waals surface area contributed by atoms with E-state index in [9.17, 15) is 4.79 Å². The molecule has 0 saturated heterocycles. The third-order valence-electron chi connectivity index (χ3n) is 2.65. The first-order valence-electron chi connectivity index (χ1n) is 5.95. The van der Waals surface area contributed by atoms with Gasteiger partial charge in [-0.3, -0.25) is 9.78 Å². The Hall–Kier alpha value is -1.89. The predicted octanol–water partition coefficient (Wildman–Crippen LogP) is 2.46. The van der Waals surface area contributed by atoms with Crippen molar-refractivity contribution in [1.29, 1.82) is 5.26 Å². The molecule has 0 aromatic carbocycles. The molecule has 1 aromatic heterocycles. The van der Waals surface area contributed by atoms with Gasteiger partial charge in [0.1, 0.15) is 5.69 Å². The maximum Gasteiger partial charge on any atom is 0.272 e. The Morgan fingerprint density at radius 1 is 1.50 bits per heavy atom. The topological polar surface area (TPSA) is 57.0 Å². The summed E-state index contributed by atoms with van der Waals surface area (Å²) in [7, 11) is 1.76. The van der Waals surface area contributed by atoms with Crippen molar-refractivity contribution in [3.05, 3.63) is 29.6 Å². The van der Waals surface area contributed by atoms with Crippen molar-refractivity contribution in [2.45, 2.75) is 27.2 Å². The van der Waals surface area contributed by atoms with Crippen LogP contribution in [0.5, 0.6) is 0 Å². The maximum atomic E-state index is 12.1. The molecule has 96 valence electrons. The molecule has 0 atom stereocenters. The summed E-state index contributed by atoms with van der Waals surface area (Å²) >= 11 is 0. The van der Waals surface area contributed by atoms with Crippen LogP contribution in [-0.2, 0) is 0 Å². The molecule has 0 aliphatic rings. The minimum atomic E-state index is -0.142. The van der Waals surface area contributed by atoms with Crippen LogP contribution in [0.4, 0.5) is 0 Å². The number of aromatic nitrogens is 1. The molecule has 0 fully saturated rings. The van der Waals surface area contributed by atoms with E-state index >= 15 is 0 Å². The highest BCUT2D eigenvalue weighted by atomic mass is 16.2. The smallest absolute Gasteiger partial charge is 0.272 e. The number of carbonyl (C=O) groups is 1. The Kier molecular flexibility index (Phi) is 4.43. The summed E-state index contributed by atoms with van der Waals surface area (Å²) in [6.07, 6.45) is 2.41. The second-order valence-electron chi connectivity index (χ2n) is 5.58. The van der Waals surface area contributed by atoms with Crippen LogP contribution in [0.1, 0.15) is 43.2 Å². The van der Waals surface area contributed by atoms with E-state index in [4.69, 9.17) is 5.26 Å². The fraction of sp³-hybridized carbons (Fsp3) is 0.500. The van der Waals surface area contributed by atoms with Crippen LogP contribution in [0.25, 0.3) is 0 Å². The lowest BCUT2D eigenvalue weighted by molar-refractivity contribution is 0.0774. The Labute approximate surface area is 108 Å². The fourth-order valence-electron chi connectivity index (χ4n) is 1.42. The molecule has 0 N–H and O–H groups in total. The number of pyridine rings is 1. The van der Waals surface area contributed by atoms with Crippen LogP contribution >= 0.6 is 0 Å². The molecule has 0 aliphatic carbocycles. The van der Waals surface area contributed by atoms with Crippen molar-refractivity contribution in [3.8, 4) is 6.07 Å². The molecule has 0 saturated carbocycles. The van der Waals surface area contributed by atoms with Gasteiger partial charge in [-0.1, -0.05) is 20.8 Å². The third-order valence-corrected chi connectivity index (χ3v) is 2.65. The standard InChI is InChI=1S/C14H19N3O/c1-14(2,3)6-8-17(4)13(18)12-9-11(10-15)5-7-16-12/h5,7,9H,6,8H2,1-4H3. The number of carbonyl (C=O) groups excluding carboxylic acids is 1. The first-order valence-corrected chi connectivity index (χ1v) is 5.95. The highest BCUT2D eigenvalue weighted by Gasteiger charge is 2.17. The van der Waals surface area contributed by atoms with Gasteiger partial charge in [-0.15, -0.1) is 0 Å². The first-order chi connectivity index (χ1) is 8.33. The molecule has 0 bridgehead atoms. The largest absolute Gasteiger partial charge is 0.340 e. The van der Waals surface area contributed by atoms with Gasteiger partial charge in [-0.2, -0.15) is 5.26 Å². The van der Waals surface area contributed by atoms with Crippen molar-refractivity contribution in [1.82, 2.24) is 9.88 Å². The van der Waals surface area contributed by atoms with Crippen molar-refractivity contribution < 1.29 is 4.79 Å². The van der Waals surface area contributed by atoms with Gasteiger partial charge < -0.3 is 4.90 Å². The number of amides is 1. The van der Waals surface area contributed by atoms with E-state index < -0.39 is 0 Å². The molecule has 0 unspecified atom stereocenters. The molecule has 0 radical (unpaired) electrons. The van der Waals surface area contributed by atoms with E-state index in [2.05, 4.69) is 25.8 Å². The highest BCUT2D eigenvalue weighted by Crippen LogP contribution is 2.18. The molecule has 4 nitrogen and oxygen atoms in total. The van der Waals surface area contributed by atoms with Crippen LogP contribution in [0, 0.1) is 16.7 Å². The number of hydrogen-bond donors (Lipinski definition) is 0. The van der Waals surface area contributed by atoms with E-state index in [1.54, 1.807) is 18.0 Å². The average Bonchev–Trinajstić information content (AvgIpc) is 2.34. The molecule has 18 heavy (non-hydrogen) atoms. The molecular formula is C14H19N3O. The summed E-state index contributed by atoms with van der Waals surface area (Å²) in [5, 5.41) is 8.79. The van der Waals surface area contributed by atoms with Gasteiger partial charge >= 0.3 is 0 Å². The Balaban J connectivity index is 2.72. The van der Waals surface area contributed by atoms with E-state index in [1.165, 1.54) is 12.3 Å². The van der Waals surface area contributed by atoms with Gasteiger partial charge in [-0.25, -0.2) is 0 Å². The molecule has 1 heterocycles. The highest BCUT2D eigenvalue weighted by molar-refractivity contribution is 5.92. The van der Waals surface area contributed by atoms with Gasteiger partial charge in [0.15, 0.2) is 0 Å². The minimum Gasteiger partial charge on any atom is -0.340 e. The fourth-order valence-corrected chi connectivity index (χ4v) is 1.42. The zero-order chi connectivity index (χ0) is 13.8. The van der Waals surface area contributed by atoms with E-state index in [-0.39, 0.29) is 11.3 Å². The minimum absolute atomic E-state index is 0.142. The second-order valence-corrected chi connectivity index (χ2v) is 5.58.